The van der Waals surface area contributed by atoms with Gasteiger partial charge in [-0.05, 0) is 75.5 Å². The number of anilines is 3. The standard InChI is InChI=1S/C30H37N5O2S.C2H6/c1-6-31-30(37)24-12-17-27(28(20-24)32-21-36)22(2)29(23-10-8-7-9-11-23)33-25-13-15-26(16-14-25)35(38-5)19-18-34(3)4;1-2/h7-17,20-21,33H,6,18-19H2,1-5H3,(H,31,37)(H,32,36);1-2H3/b29-22+;. The Balaban J connectivity index is 0.00000274. The van der Waals surface area contributed by atoms with Crippen molar-refractivity contribution in [3.8, 4) is 0 Å². The lowest BCUT2D eigenvalue weighted by molar-refractivity contribution is -0.105. The first-order valence-corrected chi connectivity index (χ1v) is 14.8. The van der Waals surface area contributed by atoms with Crippen molar-refractivity contribution >= 4 is 52.6 Å². The van der Waals surface area contributed by atoms with Crippen LogP contribution >= 0.6 is 11.9 Å². The van der Waals surface area contributed by atoms with Gasteiger partial charge in [0.05, 0.1) is 0 Å². The molecular weight excluding hydrogens is 518 g/mol. The molecule has 0 saturated heterocycles. The van der Waals surface area contributed by atoms with Crippen molar-refractivity contribution in [1.82, 2.24) is 10.2 Å². The summed E-state index contributed by atoms with van der Waals surface area (Å²) in [6.45, 7) is 10.3. The normalized spacial score (nSPS) is 11.1. The molecule has 3 N–H and O–H groups in total. The molecule has 0 aromatic heterocycles. The summed E-state index contributed by atoms with van der Waals surface area (Å²) >= 11 is 1.71. The fraction of sp³-hybridized carbons (Fsp3) is 0.312. The minimum Gasteiger partial charge on any atom is -0.355 e. The van der Waals surface area contributed by atoms with E-state index in [4.69, 9.17) is 0 Å². The van der Waals surface area contributed by atoms with Crippen LogP contribution in [0.25, 0.3) is 11.3 Å². The molecule has 2 amide bonds. The van der Waals surface area contributed by atoms with Crippen molar-refractivity contribution in [3.05, 3.63) is 89.5 Å². The lowest BCUT2D eigenvalue weighted by Gasteiger charge is -2.24. The fourth-order valence-electron chi connectivity index (χ4n) is 4.05. The van der Waals surface area contributed by atoms with Crippen molar-refractivity contribution < 1.29 is 9.59 Å². The van der Waals surface area contributed by atoms with Crippen LogP contribution in [0.1, 0.15) is 49.2 Å². The van der Waals surface area contributed by atoms with Gasteiger partial charge in [-0.3, -0.25) is 9.59 Å². The minimum absolute atomic E-state index is 0.180. The topological polar surface area (TPSA) is 76.7 Å². The van der Waals surface area contributed by atoms with E-state index in [1.54, 1.807) is 24.1 Å². The number of nitrogens with one attached hydrogen (secondary N) is 3. The Hall–Kier alpha value is -3.75. The maximum atomic E-state index is 12.4. The van der Waals surface area contributed by atoms with Crippen LogP contribution in [0.4, 0.5) is 17.1 Å². The Bertz CT molecular complexity index is 1240. The zero-order valence-corrected chi connectivity index (χ0v) is 25.6. The van der Waals surface area contributed by atoms with Crippen LogP contribution in [0.3, 0.4) is 0 Å². The number of hydrogen-bond acceptors (Lipinski definition) is 6. The molecule has 0 aliphatic carbocycles. The summed E-state index contributed by atoms with van der Waals surface area (Å²) in [7, 11) is 4.16. The van der Waals surface area contributed by atoms with Gasteiger partial charge >= 0.3 is 0 Å². The summed E-state index contributed by atoms with van der Waals surface area (Å²) in [4.78, 5) is 26.0. The average molecular weight is 562 g/mol. The Morgan fingerprint density at radius 3 is 2.17 bits per heavy atom. The molecule has 0 aliphatic rings. The molecule has 0 atom stereocenters. The van der Waals surface area contributed by atoms with Crippen LogP contribution in [-0.4, -0.2) is 57.2 Å². The van der Waals surface area contributed by atoms with Crippen molar-refractivity contribution in [2.45, 2.75) is 27.7 Å². The van der Waals surface area contributed by atoms with Crippen LogP contribution in [-0.2, 0) is 4.79 Å². The first-order valence-electron chi connectivity index (χ1n) is 13.6. The number of rotatable bonds is 13. The highest BCUT2D eigenvalue weighted by atomic mass is 32.2. The van der Waals surface area contributed by atoms with Gasteiger partial charge in [0.1, 0.15) is 0 Å². The number of allylic oxidation sites excluding steroid dienone is 1. The fourth-order valence-corrected chi connectivity index (χ4v) is 4.65. The van der Waals surface area contributed by atoms with E-state index in [-0.39, 0.29) is 5.91 Å². The van der Waals surface area contributed by atoms with Crippen LogP contribution in [0, 0.1) is 0 Å². The van der Waals surface area contributed by atoms with E-state index in [1.165, 1.54) is 0 Å². The third-order valence-corrected chi connectivity index (χ3v) is 6.90. The third-order valence-electron chi connectivity index (χ3n) is 6.07. The number of hydrogen-bond donors (Lipinski definition) is 3. The molecule has 3 aromatic carbocycles. The molecule has 40 heavy (non-hydrogen) atoms. The van der Waals surface area contributed by atoms with Crippen molar-refractivity contribution in [3.63, 3.8) is 0 Å². The summed E-state index contributed by atoms with van der Waals surface area (Å²) in [6, 6.07) is 23.8. The predicted molar refractivity (Wildman–Crippen MR) is 174 cm³/mol. The van der Waals surface area contributed by atoms with E-state index in [9.17, 15) is 9.59 Å². The van der Waals surface area contributed by atoms with E-state index in [0.717, 1.165) is 46.9 Å². The molecule has 0 bridgehead atoms. The smallest absolute Gasteiger partial charge is 0.251 e. The predicted octanol–water partition coefficient (Wildman–Crippen LogP) is 6.68. The van der Waals surface area contributed by atoms with Gasteiger partial charge in [-0.2, -0.15) is 0 Å². The zero-order chi connectivity index (χ0) is 29.5. The molecule has 8 heteroatoms. The highest BCUT2D eigenvalue weighted by molar-refractivity contribution is 7.99. The highest BCUT2D eigenvalue weighted by Crippen LogP contribution is 2.33. The Kier molecular flexibility index (Phi) is 13.8. The molecule has 0 unspecified atom stereocenters. The summed E-state index contributed by atoms with van der Waals surface area (Å²) in [6.07, 6.45) is 2.72. The second-order valence-electron chi connectivity index (χ2n) is 9.01. The van der Waals surface area contributed by atoms with Crippen molar-refractivity contribution in [1.29, 1.82) is 0 Å². The molecule has 7 nitrogen and oxygen atoms in total. The zero-order valence-electron chi connectivity index (χ0n) is 24.7. The summed E-state index contributed by atoms with van der Waals surface area (Å²) in [5.41, 5.74) is 6.83. The number of carbonyl (C=O) groups excluding carboxylic acids is 2. The number of amides is 2. The van der Waals surface area contributed by atoms with E-state index in [0.29, 0.717) is 24.2 Å². The van der Waals surface area contributed by atoms with Gasteiger partial charge in [0.25, 0.3) is 5.91 Å². The van der Waals surface area contributed by atoms with E-state index in [2.05, 4.69) is 69.8 Å². The largest absolute Gasteiger partial charge is 0.355 e. The van der Waals surface area contributed by atoms with Crippen molar-refractivity contribution in [2.24, 2.45) is 0 Å². The van der Waals surface area contributed by atoms with E-state index in [1.807, 2.05) is 64.1 Å². The van der Waals surface area contributed by atoms with Gasteiger partial charge in [0.2, 0.25) is 6.41 Å². The number of likely N-dealkylation sites (N-methyl/N-ethyl adjacent to an activating group) is 1. The molecule has 0 fully saturated rings. The van der Waals surface area contributed by atoms with Gasteiger partial charge in [-0.15, -0.1) is 0 Å². The lowest BCUT2D eigenvalue weighted by Crippen LogP contribution is -2.26. The van der Waals surface area contributed by atoms with Gasteiger partial charge in [-0.1, -0.05) is 62.2 Å². The Morgan fingerprint density at radius 1 is 0.925 bits per heavy atom. The van der Waals surface area contributed by atoms with E-state index < -0.39 is 0 Å². The second kappa shape index (κ2) is 17.0. The molecule has 0 aliphatic heterocycles. The van der Waals surface area contributed by atoms with Gasteiger partial charge < -0.3 is 25.2 Å². The van der Waals surface area contributed by atoms with Crippen LogP contribution in [0.15, 0.2) is 72.8 Å². The number of nitrogens with zero attached hydrogens (tertiary/aromatic N) is 2. The van der Waals surface area contributed by atoms with Gasteiger partial charge in [0, 0.05) is 59.8 Å². The number of benzene rings is 3. The van der Waals surface area contributed by atoms with Crippen molar-refractivity contribution in [2.75, 3.05) is 54.9 Å². The molecule has 3 aromatic rings. The first-order chi connectivity index (χ1) is 19.4. The first kappa shape index (κ1) is 32.5. The summed E-state index contributed by atoms with van der Waals surface area (Å²) in [5, 5.41) is 9.19. The SMILES string of the molecule is CC.CCNC(=O)c1ccc(/C(C)=C(/Nc2ccc(N(CCN(C)C)SC)cc2)c2ccccc2)c(NC=O)c1. The van der Waals surface area contributed by atoms with E-state index >= 15 is 0 Å². The minimum atomic E-state index is -0.180. The van der Waals surface area contributed by atoms with Gasteiger partial charge in [0.15, 0.2) is 0 Å². The van der Waals surface area contributed by atoms with Crippen LogP contribution in [0.2, 0.25) is 0 Å². The molecule has 0 heterocycles. The summed E-state index contributed by atoms with van der Waals surface area (Å²) < 4.78 is 2.27. The second-order valence-corrected chi connectivity index (χ2v) is 9.81. The monoisotopic (exact) mass is 561 g/mol. The average Bonchev–Trinajstić information content (AvgIpc) is 2.98. The maximum Gasteiger partial charge on any atom is 0.251 e. The molecular formula is C32H43N5O2S. The molecule has 214 valence electrons. The van der Waals surface area contributed by atoms with Gasteiger partial charge in [-0.25, -0.2) is 0 Å². The molecule has 3 rings (SSSR count). The van der Waals surface area contributed by atoms with Crippen LogP contribution < -0.4 is 20.3 Å². The maximum absolute atomic E-state index is 12.4. The van der Waals surface area contributed by atoms with Crippen LogP contribution in [0.5, 0.6) is 0 Å². The highest BCUT2D eigenvalue weighted by Gasteiger charge is 2.15. The third kappa shape index (κ3) is 9.17. The summed E-state index contributed by atoms with van der Waals surface area (Å²) in [5.74, 6) is -0.180. The molecule has 0 radical (unpaired) electrons. The quantitative estimate of drug-likeness (QED) is 0.123. The lowest BCUT2D eigenvalue weighted by atomic mass is 9.97. The molecule has 0 spiro atoms. The Morgan fingerprint density at radius 2 is 1.60 bits per heavy atom. The Labute approximate surface area is 244 Å². The number of carbonyl (C=O) groups is 2. The molecule has 0 saturated carbocycles.